The molecule has 1 aliphatic rings. The van der Waals surface area contributed by atoms with Crippen molar-refractivity contribution in [1.29, 1.82) is 0 Å². The van der Waals surface area contributed by atoms with Gasteiger partial charge in [0.2, 0.25) is 5.91 Å². The summed E-state index contributed by atoms with van der Waals surface area (Å²) < 4.78 is 10.7. The van der Waals surface area contributed by atoms with Gasteiger partial charge in [0, 0.05) is 30.3 Å². The molecule has 6 heteroatoms. The molecule has 0 radical (unpaired) electrons. The Hall–Kier alpha value is -3.41. The summed E-state index contributed by atoms with van der Waals surface area (Å²) >= 11 is 0. The molecule has 1 unspecified atom stereocenters. The van der Waals surface area contributed by atoms with Crippen LogP contribution in [-0.2, 0) is 20.9 Å². The van der Waals surface area contributed by atoms with Gasteiger partial charge in [-0.15, -0.1) is 0 Å². The molecule has 0 bridgehead atoms. The number of amides is 1. The van der Waals surface area contributed by atoms with Crippen molar-refractivity contribution in [2.75, 3.05) is 11.4 Å². The third-order valence-corrected chi connectivity index (χ3v) is 5.03. The highest BCUT2D eigenvalue weighted by Gasteiger charge is 2.36. The molecule has 1 saturated heterocycles. The zero-order chi connectivity index (χ0) is 20.4. The van der Waals surface area contributed by atoms with E-state index in [2.05, 4.69) is 5.16 Å². The summed E-state index contributed by atoms with van der Waals surface area (Å²) in [4.78, 5) is 26.5. The second-order valence-corrected chi connectivity index (χ2v) is 7.40. The SMILES string of the molecule is Cc1ccc(-c2cc(COC(=O)C3CC(=O)N(c4cccc(C)c4)C3)no2)cc1. The number of benzene rings is 2. The summed E-state index contributed by atoms with van der Waals surface area (Å²) in [5.74, 6) is -0.321. The van der Waals surface area contributed by atoms with Gasteiger partial charge in [0.25, 0.3) is 0 Å². The van der Waals surface area contributed by atoms with Crippen molar-refractivity contribution in [2.45, 2.75) is 26.9 Å². The van der Waals surface area contributed by atoms with Crippen LogP contribution in [0.5, 0.6) is 0 Å². The van der Waals surface area contributed by atoms with Crippen LogP contribution in [0.25, 0.3) is 11.3 Å². The number of aromatic nitrogens is 1. The topological polar surface area (TPSA) is 72.6 Å². The molecule has 4 rings (SSSR count). The first kappa shape index (κ1) is 18.9. The standard InChI is InChI=1S/C23H22N2O4/c1-15-6-8-17(9-7-15)21-12-19(24-29-21)14-28-23(27)18-11-22(26)25(13-18)20-5-3-4-16(2)10-20/h3-10,12,18H,11,13-14H2,1-2H3. The van der Waals surface area contributed by atoms with Crippen LogP contribution in [0.4, 0.5) is 5.69 Å². The number of carbonyl (C=O) groups is 2. The van der Waals surface area contributed by atoms with Crippen LogP contribution < -0.4 is 4.90 Å². The van der Waals surface area contributed by atoms with Crippen molar-refractivity contribution < 1.29 is 18.8 Å². The zero-order valence-corrected chi connectivity index (χ0v) is 16.4. The molecule has 29 heavy (non-hydrogen) atoms. The van der Waals surface area contributed by atoms with Gasteiger partial charge in [-0.05, 0) is 31.5 Å². The van der Waals surface area contributed by atoms with Crippen molar-refractivity contribution in [3.8, 4) is 11.3 Å². The molecule has 6 nitrogen and oxygen atoms in total. The fraction of sp³-hybridized carbons (Fsp3) is 0.261. The molecule has 0 N–H and O–H groups in total. The summed E-state index contributed by atoms with van der Waals surface area (Å²) in [6, 6.07) is 17.3. The number of hydrogen-bond acceptors (Lipinski definition) is 5. The lowest BCUT2D eigenvalue weighted by molar-refractivity contribution is -0.149. The Morgan fingerprint density at radius 2 is 1.93 bits per heavy atom. The number of anilines is 1. The van der Waals surface area contributed by atoms with Crippen LogP contribution in [0, 0.1) is 19.8 Å². The third-order valence-electron chi connectivity index (χ3n) is 5.03. The first-order chi connectivity index (χ1) is 14.0. The smallest absolute Gasteiger partial charge is 0.311 e. The number of esters is 1. The van der Waals surface area contributed by atoms with Crippen LogP contribution >= 0.6 is 0 Å². The van der Waals surface area contributed by atoms with E-state index >= 15 is 0 Å². The Bertz CT molecular complexity index is 1040. The Kier molecular flexibility index (Phi) is 5.16. The van der Waals surface area contributed by atoms with E-state index in [-0.39, 0.29) is 18.9 Å². The fourth-order valence-electron chi connectivity index (χ4n) is 3.41. The minimum absolute atomic E-state index is 0.0172. The largest absolute Gasteiger partial charge is 0.459 e. The van der Waals surface area contributed by atoms with Crippen molar-refractivity contribution in [3.63, 3.8) is 0 Å². The monoisotopic (exact) mass is 390 g/mol. The first-order valence-electron chi connectivity index (χ1n) is 9.56. The minimum Gasteiger partial charge on any atom is -0.459 e. The van der Waals surface area contributed by atoms with Crippen LogP contribution in [0.3, 0.4) is 0 Å². The highest BCUT2D eigenvalue weighted by atomic mass is 16.5. The molecule has 148 valence electrons. The highest BCUT2D eigenvalue weighted by Crippen LogP contribution is 2.27. The van der Waals surface area contributed by atoms with E-state index in [4.69, 9.17) is 9.26 Å². The number of hydrogen-bond donors (Lipinski definition) is 0. The third kappa shape index (κ3) is 4.21. The number of nitrogens with zero attached hydrogens (tertiary/aromatic N) is 2. The van der Waals surface area contributed by atoms with Crippen molar-refractivity contribution in [1.82, 2.24) is 5.16 Å². The molecule has 1 amide bonds. The Balaban J connectivity index is 1.36. The molecule has 1 aromatic heterocycles. The van der Waals surface area contributed by atoms with E-state index in [1.54, 1.807) is 11.0 Å². The van der Waals surface area contributed by atoms with Gasteiger partial charge in [-0.1, -0.05) is 47.1 Å². The molecule has 3 aromatic rings. The number of aryl methyl sites for hydroxylation is 2. The summed E-state index contributed by atoms with van der Waals surface area (Å²) in [5, 5.41) is 3.97. The van der Waals surface area contributed by atoms with Gasteiger partial charge in [-0.2, -0.15) is 0 Å². The summed E-state index contributed by atoms with van der Waals surface area (Å²) in [7, 11) is 0. The average molecular weight is 390 g/mol. The van der Waals surface area contributed by atoms with E-state index in [1.807, 2.05) is 62.4 Å². The quantitative estimate of drug-likeness (QED) is 0.615. The summed E-state index contributed by atoms with van der Waals surface area (Å²) in [6.07, 6.45) is 0.153. The molecule has 0 spiro atoms. The van der Waals surface area contributed by atoms with Gasteiger partial charge in [0.15, 0.2) is 5.76 Å². The molecular formula is C23H22N2O4. The second-order valence-electron chi connectivity index (χ2n) is 7.40. The Morgan fingerprint density at radius 3 is 2.69 bits per heavy atom. The average Bonchev–Trinajstić information content (AvgIpc) is 3.33. The van der Waals surface area contributed by atoms with Crippen molar-refractivity contribution in [3.05, 3.63) is 71.4 Å². The van der Waals surface area contributed by atoms with E-state index in [1.165, 1.54) is 0 Å². The lowest BCUT2D eigenvalue weighted by atomic mass is 10.1. The first-order valence-corrected chi connectivity index (χ1v) is 9.56. The summed E-state index contributed by atoms with van der Waals surface area (Å²) in [5.41, 5.74) is 4.49. The maximum Gasteiger partial charge on any atom is 0.311 e. The number of rotatable bonds is 5. The second kappa shape index (κ2) is 7.91. The van der Waals surface area contributed by atoms with Gasteiger partial charge in [-0.3, -0.25) is 9.59 Å². The van der Waals surface area contributed by atoms with Crippen LogP contribution in [-0.4, -0.2) is 23.6 Å². The van der Waals surface area contributed by atoms with Gasteiger partial charge >= 0.3 is 5.97 Å². The van der Waals surface area contributed by atoms with E-state index in [9.17, 15) is 9.59 Å². The number of carbonyl (C=O) groups excluding carboxylic acids is 2. The van der Waals surface area contributed by atoms with Gasteiger partial charge in [-0.25, -0.2) is 0 Å². The molecule has 1 aliphatic heterocycles. The normalized spacial score (nSPS) is 16.3. The van der Waals surface area contributed by atoms with E-state index in [0.29, 0.717) is 18.0 Å². The predicted octanol–water partition coefficient (Wildman–Crippen LogP) is 4.05. The Labute approximate surface area is 169 Å². The maximum atomic E-state index is 12.5. The lowest BCUT2D eigenvalue weighted by Gasteiger charge is -2.17. The van der Waals surface area contributed by atoms with Gasteiger partial charge in [0.1, 0.15) is 12.3 Å². The van der Waals surface area contributed by atoms with Gasteiger partial charge in [0.05, 0.1) is 5.92 Å². The van der Waals surface area contributed by atoms with Crippen LogP contribution in [0.15, 0.2) is 59.1 Å². The van der Waals surface area contributed by atoms with E-state index in [0.717, 1.165) is 22.4 Å². The fourth-order valence-corrected chi connectivity index (χ4v) is 3.41. The highest BCUT2D eigenvalue weighted by molar-refractivity contribution is 5.99. The molecule has 2 aromatic carbocycles. The molecule has 2 heterocycles. The van der Waals surface area contributed by atoms with E-state index < -0.39 is 11.9 Å². The van der Waals surface area contributed by atoms with Gasteiger partial charge < -0.3 is 14.2 Å². The number of ether oxygens (including phenoxy) is 1. The molecule has 1 fully saturated rings. The molecule has 1 atom stereocenters. The lowest BCUT2D eigenvalue weighted by Crippen LogP contribution is -2.26. The van der Waals surface area contributed by atoms with Crippen LogP contribution in [0.2, 0.25) is 0 Å². The van der Waals surface area contributed by atoms with Crippen molar-refractivity contribution >= 4 is 17.6 Å². The predicted molar refractivity (Wildman–Crippen MR) is 108 cm³/mol. The van der Waals surface area contributed by atoms with Crippen LogP contribution in [0.1, 0.15) is 23.2 Å². The van der Waals surface area contributed by atoms with Crippen molar-refractivity contribution in [2.24, 2.45) is 5.92 Å². The molecule has 0 aliphatic carbocycles. The Morgan fingerprint density at radius 1 is 1.14 bits per heavy atom. The minimum atomic E-state index is -0.480. The maximum absolute atomic E-state index is 12.5. The molecular weight excluding hydrogens is 368 g/mol. The molecule has 0 saturated carbocycles. The zero-order valence-electron chi connectivity index (χ0n) is 16.4. The summed E-state index contributed by atoms with van der Waals surface area (Å²) in [6.45, 7) is 4.33.